The van der Waals surface area contributed by atoms with Crippen LogP contribution in [0.2, 0.25) is 0 Å². The van der Waals surface area contributed by atoms with E-state index in [0.717, 1.165) is 40.1 Å². The number of nitrogens with zero attached hydrogens (tertiary/aromatic N) is 8. The van der Waals surface area contributed by atoms with E-state index in [0.29, 0.717) is 28.7 Å². The lowest BCUT2D eigenvalue weighted by Crippen LogP contribution is -2.59. The normalized spacial score (nSPS) is 19.5. The van der Waals surface area contributed by atoms with Gasteiger partial charge in [0.05, 0.1) is 5.56 Å². The van der Waals surface area contributed by atoms with Gasteiger partial charge in [-0.1, -0.05) is 91.0 Å². The van der Waals surface area contributed by atoms with Crippen LogP contribution in [0, 0.1) is 12.8 Å². The molecule has 0 amide bonds. The minimum absolute atomic E-state index is 0.0988. The van der Waals surface area contributed by atoms with Crippen LogP contribution >= 0.6 is 0 Å². The highest BCUT2D eigenvalue weighted by Gasteiger charge is 2.58. The molecule has 0 fully saturated rings. The number of allylic oxidation sites excluding steroid dienone is 1. The number of halogens is 3. The third-order valence-corrected chi connectivity index (χ3v) is 11.3. The molecular weight excluding hydrogens is 722 g/mol. The zero-order chi connectivity index (χ0) is 38.8. The van der Waals surface area contributed by atoms with E-state index in [4.69, 9.17) is 19.9 Å². The molecule has 8 nitrogen and oxygen atoms in total. The number of hydrogen-bond donors (Lipinski definition) is 0. The summed E-state index contributed by atoms with van der Waals surface area (Å²) in [5.74, 6) is 2.05. The molecular formula is C46H35F3N8. The van der Waals surface area contributed by atoms with Gasteiger partial charge in [-0.15, -0.1) is 6.58 Å². The summed E-state index contributed by atoms with van der Waals surface area (Å²) in [6, 6.07) is 39.8. The minimum atomic E-state index is -4.55. The Balaban J connectivity index is 1.27. The van der Waals surface area contributed by atoms with E-state index in [9.17, 15) is 13.2 Å². The average Bonchev–Trinajstić information content (AvgIpc) is 3.77. The van der Waals surface area contributed by atoms with Crippen LogP contribution < -0.4 is 19.6 Å². The molecule has 4 atom stereocenters. The average molecular weight is 757 g/mol. The van der Waals surface area contributed by atoms with Gasteiger partial charge >= 0.3 is 6.18 Å². The Kier molecular flexibility index (Phi) is 8.06. The molecule has 0 N–H and O–H groups in total. The highest BCUT2D eigenvalue weighted by Crippen LogP contribution is 2.60. The second kappa shape index (κ2) is 13.3. The van der Waals surface area contributed by atoms with Crippen molar-refractivity contribution in [3.8, 4) is 11.1 Å². The molecule has 57 heavy (non-hydrogen) atoms. The Morgan fingerprint density at radius 3 is 1.61 bits per heavy atom. The van der Waals surface area contributed by atoms with Crippen molar-refractivity contribution in [1.82, 2.24) is 19.9 Å². The molecule has 2 aromatic heterocycles. The van der Waals surface area contributed by atoms with Crippen molar-refractivity contribution in [1.29, 1.82) is 0 Å². The summed E-state index contributed by atoms with van der Waals surface area (Å²) in [6.07, 6.45) is 3.29. The quantitative estimate of drug-likeness (QED) is 0.155. The molecule has 10 rings (SSSR count). The largest absolute Gasteiger partial charge is 0.417 e. The summed E-state index contributed by atoms with van der Waals surface area (Å²) in [4.78, 5) is 28.8. The van der Waals surface area contributed by atoms with Crippen molar-refractivity contribution < 1.29 is 13.2 Å². The molecule has 4 unspecified atom stereocenters. The van der Waals surface area contributed by atoms with Crippen LogP contribution in [-0.2, 0) is 6.18 Å². The van der Waals surface area contributed by atoms with Crippen molar-refractivity contribution in [2.45, 2.75) is 31.3 Å². The first-order valence-electron chi connectivity index (χ1n) is 18.7. The van der Waals surface area contributed by atoms with Crippen LogP contribution in [0.5, 0.6) is 0 Å². The minimum Gasteiger partial charge on any atom is -0.301 e. The molecule has 7 aromatic rings. The second-order valence-corrected chi connectivity index (χ2v) is 14.3. The lowest BCUT2D eigenvalue weighted by Gasteiger charge is -2.51. The third-order valence-electron chi connectivity index (χ3n) is 11.3. The van der Waals surface area contributed by atoms with Crippen LogP contribution in [0.3, 0.4) is 0 Å². The maximum absolute atomic E-state index is 14.5. The molecule has 3 aliphatic heterocycles. The topological polar surface area (TPSA) is 64.5 Å². The molecule has 0 spiro atoms. The summed E-state index contributed by atoms with van der Waals surface area (Å²) < 4.78 is 43.5. The molecule has 11 heteroatoms. The van der Waals surface area contributed by atoms with Crippen molar-refractivity contribution >= 4 is 46.0 Å². The maximum atomic E-state index is 14.5. The van der Waals surface area contributed by atoms with E-state index in [1.54, 1.807) is 36.9 Å². The number of benzene rings is 5. The van der Waals surface area contributed by atoms with Gasteiger partial charge in [0.1, 0.15) is 12.3 Å². The number of anilines is 8. The SMILES string of the molecule is C=CC1c2ccccc2N2c3nccnc3N(c3ccccc3)C2C1C1N(c2ccccc2)c2nccnc2N1c1cc(-c2ccccc2C(F)(F)F)ccc1C. The van der Waals surface area contributed by atoms with Crippen LogP contribution in [0.15, 0.2) is 165 Å². The van der Waals surface area contributed by atoms with Crippen molar-refractivity contribution in [2.24, 2.45) is 5.92 Å². The molecule has 0 saturated carbocycles. The first-order chi connectivity index (χ1) is 27.8. The number of para-hydroxylation sites is 3. The summed E-state index contributed by atoms with van der Waals surface area (Å²) in [5, 5.41) is 0. The highest BCUT2D eigenvalue weighted by atomic mass is 19.4. The standard InChI is InChI=1S/C46H35F3N8/c1-3-33-35-19-11-13-21-37(35)56-42-40(50-24-26-52-42)54(31-14-6-4-7-15-31)44(56)39(33)45-55(32-16-8-5-9-17-32)41-43(53-27-25-51-41)57(45)38-28-30(23-22-29(38)2)34-18-10-12-20-36(34)46(47,48)49/h3-28,33,39,44-45H,1H2,2H3. The Labute approximate surface area is 327 Å². The number of aryl methyl sites for hydroxylation is 1. The van der Waals surface area contributed by atoms with E-state index in [1.165, 1.54) is 12.1 Å². The van der Waals surface area contributed by atoms with Crippen LogP contribution in [0.1, 0.15) is 22.6 Å². The molecule has 0 aliphatic carbocycles. The molecule has 5 aromatic carbocycles. The summed E-state index contributed by atoms with van der Waals surface area (Å²) in [7, 11) is 0. The third kappa shape index (κ3) is 5.37. The first kappa shape index (κ1) is 34.5. The van der Waals surface area contributed by atoms with E-state index in [1.807, 2.05) is 73.7 Å². The fraction of sp³-hybridized carbons (Fsp3) is 0.130. The smallest absolute Gasteiger partial charge is 0.301 e. The molecule has 5 heterocycles. The molecule has 3 aliphatic rings. The Morgan fingerprint density at radius 1 is 0.561 bits per heavy atom. The molecule has 280 valence electrons. The van der Waals surface area contributed by atoms with Gasteiger partial charge in [-0.25, -0.2) is 19.9 Å². The number of rotatable bonds is 6. The van der Waals surface area contributed by atoms with Gasteiger partial charge in [0.15, 0.2) is 23.3 Å². The lowest BCUT2D eigenvalue weighted by atomic mass is 9.76. The summed E-state index contributed by atoms with van der Waals surface area (Å²) >= 11 is 0. The van der Waals surface area contributed by atoms with E-state index < -0.39 is 24.1 Å². The van der Waals surface area contributed by atoms with Gasteiger partial charge in [-0.3, -0.25) is 0 Å². The van der Waals surface area contributed by atoms with Gasteiger partial charge in [0.2, 0.25) is 0 Å². The van der Waals surface area contributed by atoms with Gasteiger partial charge in [-0.2, -0.15) is 13.2 Å². The Hall–Kier alpha value is -7.01. The van der Waals surface area contributed by atoms with Crippen molar-refractivity contribution in [3.05, 3.63) is 182 Å². The zero-order valence-corrected chi connectivity index (χ0v) is 30.7. The van der Waals surface area contributed by atoms with E-state index in [-0.39, 0.29) is 17.4 Å². The first-order valence-corrected chi connectivity index (χ1v) is 18.7. The number of hydrogen-bond acceptors (Lipinski definition) is 8. The van der Waals surface area contributed by atoms with Crippen molar-refractivity contribution in [2.75, 3.05) is 19.6 Å². The van der Waals surface area contributed by atoms with Gasteiger partial charge in [-0.05, 0) is 71.6 Å². The van der Waals surface area contributed by atoms with Crippen LogP contribution in [0.25, 0.3) is 11.1 Å². The number of aromatic nitrogens is 4. The fourth-order valence-corrected chi connectivity index (χ4v) is 9.01. The van der Waals surface area contributed by atoms with Gasteiger partial charge in [0, 0.05) is 59.4 Å². The second-order valence-electron chi connectivity index (χ2n) is 14.3. The van der Waals surface area contributed by atoms with Crippen LogP contribution in [0.4, 0.5) is 59.2 Å². The summed E-state index contributed by atoms with van der Waals surface area (Å²) in [5.41, 5.74) is 5.29. The van der Waals surface area contributed by atoms with E-state index in [2.05, 4.69) is 62.6 Å². The Bertz CT molecular complexity index is 2640. The number of fused-ring (bicyclic) bond motifs is 6. The van der Waals surface area contributed by atoms with Crippen molar-refractivity contribution in [3.63, 3.8) is 0 Å². The maximum Gasteiger partial charge on any atom is 0.417 e. The van der Waals surface area contributed by atoms with Crippen LogP contribution in [-0.4, -0.2) is 32.3 Å². The highest BCUT2D eigenvalue weighted by molar-refractivity contribution is 5.90. The predicted molar refractivity (Wildman–Crippen MR) is 218 cm³/mol. The lowest BCUT2D eigenvalue weighted by molar-refractivity contribution is -0.137. The molecule has 0 saturated heterocycles. The zero-order valence-electron chi connectivity index (χ0n) is 30.7. The summed E-state index contributed by atoms with van der Waals surface area (Å²) in [6.45, 7) is 6.45. The van der Waals surface area contributed by atoms with E-state index >= 15 is 0 Å². The predicted octanol–water partition coefficient (Wildman–Crippen LogP) is 11.1. The van der Waals surface area contributed by atoms with Gasteiger partial charge < -0.3 is 19.6 Å². The molecule has 0 bridgehead atoms. The van der Waals surface area contributed by atoms with Gasteiger partial charge in [0.25, 0.3) is 0 Å². The fourth-order valence-electron chi connectivity index (χ4n) is 9.01. The molecule has 0 radical (unpaired) electrons. The monoisotopic (exact) mass is 756 g/mol. The Morgan fingerprint density at radius 2 is 1.05 bits per heavy atom. The number of alkyl halides is 3.